The highest BCUT2D eigenvalue weighted by Gasteiger charge is 2.18. The Bertz CT molecular complexity index is 1760. The van der Waals surface area contributed by atoms with Gasteiger partial charge in [-0.05, 0) is 54.3 Å². The molecular formula is C32H30N4O5. The maximum absolute atomic E-state index is 13.6. The van der Waals surface area contributed by atoms with E-state index in [-0.39, 0.29) is 41.4 Å². The molecule has 0 aliphatic rings. The van der Waals surface area contributed by atoms with Gasteiger partial charge in [0.15, 0.2) is 0 Å². The molecule has 0 unspecified atom stereocenters. The van der Waals surface area contributed by atoms with Crippen LogP contribution in [0.3, 0.4) is 0 Å². The minimum Gasteiger partial charge on any atom is -0.467 e. The average Bonchev–Trinajstić information content (AvgIpc) is 3.52. The summed E-state index contributed by atoms with van der Waals surface area (Å²) in [6, 6.07) is 27.4. The molecule has 0 spiro atoms. The summed E-state index contributed by atoms with van der Waals surface area (Å²) in [5.74, 6) is -0.295. The van der Waals surface area contributed by atoms with Gasteiger partial charge in [-0.3, -0.25) is 23.5 Å². The van der Waals surface area contributed by atoms with E-state index in [1.807, 2.05) is 60.7 Å². The van der Waals surface area contributed by atoms with Crippen molar-refractivity contribution < 1.29 is 14.0 Å². The maximum atomic E-state index is 13.6. The van der Waals surface area contributed by atoms with Crippen molar-refractivity contribution in [2.75, 3.05) is 13.1 Å². The minimum atomic E-state index is -0.668. The third-order valence-electron chi connectivity index (χ3n) is 6.80. The molecule has 2 heterocycles. The van der Waals surface area contributed by atoms with E-state index in [2.05, 4.69) is 10.6 Å². The summed E-state index contributed by atoms with van der Waals surface area (Å²) in [5.41, 5.74) is 1.47. The van der Waals surface area contributed by atoms with Crippen LogP contribution >= 0.6 is 0 Å². The van der Waals surface area contributed by atoms with Crippen LogP contribution in [0.5, 0.6) is 0 Å². The molecule has 0 saturated carbocycles. The molecule has 2 aromatic heterocycles. The molecular weight excluding hydrogens is 520 g/mol. The number of carbonyl (C=O) groups is 2. The van der Waals surface area contributed by atoms with E-state index >= 15 is 0 Å². The van der Waals surface area contributed by atoms with Crippen molar-refractivity contribution in [1.82, 2.24) is 19.8 Å². The lowest BCUT2D eigenvalue weighted by atomic mass is 10.1. The normalized spacial score (nSPS) is 10.9. The van der Waals surface area contributed by atoms with Crippen molar-refractivity contribution in [3.8, 4) is 0 Å². The lowest BCUT2D eigenvalue weighted by Crippen LogP contribution is -2.43. The van der Waals surface area contributed by atoms with E-state index in [0.717, 1.165) is 15.7 Å². The fraction of sp³-hybridized carbons (Fsp3) is 0.188. The summed E-state index contributed by atoms with van der Waals surface area (Å²) in [6.07, 6.45) is 2.75. The molecule has 9 nitrogen and oxygen atoms in total. The molecule has 0 bridgehead atoms. The number of furan rings is 1. The molecule has 5 rings (SSSR count). The summed E-state index contributed by atoms with van der Waals surface area (Å²) in [7, 11) is 0. The number of nitrogens with one attached hydrogen (secondary N) is 2. The van der Waals surface area contributed by atoms with Crippen LogP contribution in [0, 0.1) is 0 Å². The number of nitrogens with zero attached hydrogens (tertiary/aromatic N) is 2. The predicted molar refractivity (Wildman–Crippen MR) is 156 cm³/mol. The Kier molecular flexibility index (Phi) is 8.54. The van der Waals surface area contributed by atoms with Gasteiger partial charge in [-0.1, -0.05) is 60.7 Å². The molecule has 9 heteroatoms. The van der Waals surface area contributed by atoms with Crippen LogP contribution in [0.4, 0.5) is 0 Å². The Labute approximate surface area is 236 Å². The molecule has 2 amide bonds. The Morgan fingerprint density at radius 3 is 2.02 bits per heavy atom. The summed E-state index contributed by atoms with van der Waals surface area (Å²) >= 11 is 0. The number of carbonyl (C=O) groups excluding carboxylic acids is 2. The SMILES string of the molecule is O=C(Cn1c(=O)n(Cc2ccco2)c(=O)c2ccc(C(=O)NCCc3ccccc3)cc21)NCCc1ccccc1. The van der Waals surface area contributed by atoms with Crippen LogP contribution in [0.2, 0.25) is 0 Å². The third-order valence-corrected chi connectivity index (χ3v) is 6.80. The second-order valence-electron chi connectivity index (χ2n) is 9.65. The van der Waals surface area contributed by atoms with Crippen molar-refractivity contribution in [3.05, 3.63) is 141 Å². The van der Waals surface area contributed by atoms with Crippen molar-refractivity contribution in [2.45, 2.75) is 25.9 Å². The summed E-state index contributed by atoms with van der Waals surface area (Å²) in [6.45, 7) is 0.401. The van der Waals surface area contributed by atoms with Crippen LogP contribution in [0.15, 0.2) is 111 Å². The van der Waals surface area contributed by atoms with Crippen LogP contribution < -0.4 is 21.9 Å². The fourth-order valence-electron chi connectivity index (χ4n) is 4.67. The third kappa shape index (κ3) is 6.70. The van der Waals surface area contributed by atoms with Crippen LogP contribution in [0.25, 0.3) is 10.9 Å². The number of hydrogen-bond donors (Lipinski definition) is 2. The van der Waals surface area contributed by atoms with Gasteiger partial charge >= 0.3 is 5.69 Å². The molecule has 5 aromatic rings. The van der Waals surface area contributed by atoms with Gasteiger partial charge in [0.1, 0.15) is 12.3 Å². The number of hydrogen-bond acceptors (Lipinski definition) is 5. The van der Waals surface area contributed by atoms with Crippen LogP contribution in [0.1, 0.15) is 27.2 Å². The molecule has 0 aliphatic carbocycles. The van der Waals surface area contributed by atoms with E-state index in [1.165, 1.54) is 23.0 Å². The number of amides is 2. The Hall–Kier alpha value is -5.18. The molecule has 0 fully saturated rings. The highest BCUT2D eigenvalue weighted by Crippen LogP contribution is 2.13. The molecule has 0 aliphatic heterocycles. The monoisotopic (exact) mass is 550 g/mol. The topological polar surface area (TPSA) is 115 Å². The first kappa shape index (κ1) is 27.4. The van der Waals surface area contributed by atoms with E-state index in [0.29, 0.717) is 31.7 Å². The predicted octanol–water partition coefficient (Wildman–Crippen LogP) is 3.14. The molecule has 41 heavy (non-hydrogen) atoms. The lowest BCUT2D eigenvalue weighted by Gasteiger charge is -2.15. The second kappa shape index (κ2) is 12.8. The van der Waals surface area contributed by atoms with Crippen LogP contribution in [-0.2, 0) is 30.7 Å². The van der Waals surface area contributed by atoms with Gasteiger partial charge in [-0.2, -0.15) is 0 Å². The van der Waals surface area contributed by atoms with E-state index < -0.39 is 11.2 Å². The Morgan fingerprint density at radius 2 is 1.39 bits per heavy atom. The fourth-order valence-corrected chi connectivity index (χ4v) is 4.67. The van der Waals surface area contributed by atoms with Gasteiger partial charge in [0, 0.05) is 18.7 Å². The number of fused-ring (bicyclic) bond motifs is 1. The van der Waals surface area contributed by atoms with Gasteiger partial charge in [-0.15, -0.1) is 0 Å². The smallest absolute Gasteiger partial charge is 0.332 e. The van der Waals surface area contributed by atoms with Crippen molar-refractivity contribution >= 4 is 22.7 Å². The van der Waals surface area contributed by atoms with Crippen molar-refractivity contribution in [3.63, 3.8) is 0 Å². The molecule has 208 valence electrons. The first-order valence-corrected chi connectivity index (χ1v) is 13.4. The molecule has 0 atom stereocenters. The van der Waals surface area contributed by atoms with Crippen LogP contribution in [-0.4, -0.2) is 34.0 Å². The van der Waals surface area contributed by atoms with Gasteiger partial charge in [0.05, 0.1) is 23.7 Å². The summed E-state index contributed by atoms with van der Waals surface area (Å²) < 4.78 is 7.63. The zero-order valence-corrected chi connectivity index (χ0v) is 22.4. The van der Waals surface area contributed by atoms with Gasteiger partial charge < -0.3 is 15.1 Å². The standard InChI is InChI=1S/C32H30N4O5/c37-29(33-17-15-23-8-3-1-4-9-23)22-35-28-20-25(30(38)34-18-16-24-10-5-2-6-11-24)13-14-27(28)31(39)36(32(35)40)21-26-12-7-19-41-26/h1-14,19-20H,15-18,21-22H2,(H,33,37)(H,34,38). The maximum Gasteiger partial charge on any atom is 0.332 e. The highest BCUT2D eigenvalue weighted by atomic mass is 16.3. The molecule has 2 N–H and O–H groups in total. The van der Waals surface area contributed by atoms with E-state index in [1.54, 1.807) is 18.2 Å². The zero-order valence-electron chi connectivity index (χ0n) is 22.4. The zero-order chi connectivity index (χ0) is 28.6. The molecule has 0 saturated heterocycles. The largest absolute Gasteiger partial charge is 0.467 e. The first-order chi connectivity index (χ1) is 20.0. The van der Waals surface area contributed by atoms with E-state index in [4.69, 9.17) is 4.42 Å². The summed E-state index contributed by atoms with van der Waals surface area (Å²) in [4.78, 5) is 52.8. The number of rotatable bonds is 11. The number of aromatic nitrogens is 2. The average molecular weight is 551 g/mol. The molecule has 3 aromatic carbocycles. The Morgan fingerprint density at radius 1 is 0.732 bits per heavy atom. The van der Waals surface area contributed by atoms with Crippen molar-refractivity contribution in [2.24, 2.45) is 0 Å². The van der Waals surface area contributed by atoms with E-state index in [9.17, 15) is 19.2 Å². The summed E-state index contributed by atoms with van der Waals surface area (Å²) in [5, 5.41) is 5.95. The lowest BCUT2D eigenvalue weighted by molar-refractivity contribution is -0.121. The van der Waals surface area contributed by atoms with Gasteiger partial charge in [0.25, 0.3) is 11.5 Å². The minimum absolute atomic E-state index is 0.0854. The Balaban J connectivity index is 1.41. The number of benzene rings is 3. The highest BCUT2D eigenvalue weighted by molar-refractivity contribution is 5.98. The first-order valence-electron chi connectivity index (χ1n) is 13.4. The van der Waals surface area contributed by atoms with Crippen molar-refractivity contribution in [1.29, 1.82) is 0 Å². The van der Waals surface area contributed by atoms with Gasteiger partial charge in [-0.25, -0.2) is 4.79 Å². The second-order valence-corrected chi connectivity index (χ2v) is 9.65. The molecule has 0 radical (unpaired) electrons. The van der Waals surface area contributed by atoms with Gasteiger partial charge in [0.2, 0.25) is 5.91 Å². The quantitative estimate of drug-likeness (QED) is 0.262.